The molecule has 0 bridgehead atoms. The first-order valence-corrected chi connectivity index (χ1v) is 9.50. The van der Waals surface area contributed by atoms with E-state index in [1.54, 1.807) is 0 Å². The van der Waals surface area contributed by atoms with Gasteiger partial charge in [0.15, 0.2) is 4.77 Å². The molecular formula is C21H24N4S. The second-order valence-electron chi connectivity index (χ2n) is 7.10. The number of aromatic nitrogens is 3. The fourth-order valence-electron chi connectivity index (χ4n) is 3.56. The molecule has 0 aliphatic heterocycles. The van der Waals surface area contributed by atoms with Gasteiger partial charge in [0.1, 0.15) is 5.82 Å². The van der Waals surface area contributed by atoms with E-state index in [1.807, 2.05) is 11.7 Å². The van der Waals surface area contributed by atoms with Crippen LogP contribution in [0.3, 0.4) is 0 Å². The maximum atomic E-state index is 5.64. The van der Waals surface area contributed by atoms with Crippen LogP contribution in [0.4, 0.5) is 0 Å². The maximum absolute atomic E-state index is 5.64. The Balaban J connectivity index is 1.66. The fraction of sp³-hybridized carbons (Fsp3) is 0.333. The predicted octanol–water partition coefficient (Wildman–Crippen LogP) is 4.51. The van der Waals surface area contributed by atoms with Gasteiger partial charge in [0.25, 0.3) is 0 Å². The Kier molecular flexibility index (Phi) is 4.74. The molecule has 1 aromatic heterocycles. The summed E-state index contributed by atoms with van der Waals surface area (Å²) in [5, 5.41) is 4.81. The topological polar surface area (TPSA) is 26.0 Å². The molecule has 134 valence electrons. The average molecular weight is 365 g/mol. The molecule has 1 fully saturated rings. The van der Waals surface area contributed by atoms with Gasteiger partial charge in [-0.25, -0.2) is 4.68 Å². The van der Waals surface area contributed by atoms with E-state index in [2.05, 4.69) is 77.2 Å². The van der Waals surface area contributed by atoms with Gasteiger partial charge in [-0.15, -0.1) is 0 Å². The van der Waals surface area contributed by atoms with Gasteiger partial charge in [0.2, 0.25) is 0 Å². The van der Waals surface area contributed by atoms with Crippen LogP contribution in [0.5, 0.6) is 0 Å². The van der Waals surface area contributed by atoms with Crippen molar-refractivity contribution >= 4 is 12.2 Å². The zero-order valence-electron chi connectivity index (χ0n) is 15.2. The molecule has 0 atom stereocenters. The van der Waals surface area contributed by atoms with Crippen molar-refractivity contribution in [1.82, 2.24) is 19.2 Å². The molecule has 1 aliphatic carbocycles. The summed E-state index contributed by atoms with van der Waals surface area (Å²) >= 11 is 5.64. The molecule has 1 saturated carbocycles. The van der Waals surface area contributed by atoms with E-state index in [4.69, 9.17) is 17.3 Å². The molecule has 1 heterocycles. The summed E-state index contributed by atoms with van der Waals surface area (Å²) in [4.78, 5) is 2.31. The highest BCUT2D eigenvalue weighted by atomic mass is 32.1. The highest BCUT2D eigenvalue weighted by Crippen LogP contribution is 2.39. The molecule has 5 heteroatoms. The van der Waals surface area contributed by atoms with Crippen molar-refractivity contribution in [3.63, 3.8) is 0 Å². The molecule has 0 amide bonds. The van der Waals surface area contributed by atoms with Crippen molar-refractivity contribution < 1.29 is 0 Å². The van der Waals surface area contributed by atoms with Crippen LogP contribution in [0.25, 0.3) is 0 Å². The number of hydrogen-bond donors (Lipinski definition) is 0. The zero-order chi connectivity index (χ0) is 18.1. The molecule has 0 N–H and O–H groups in total. The van der Waals surface area contributed by atoms with Crippen molar-refractivity contribution in [2.75, 3.05) is 7.05 Å². The lowest BCUT2D eigenvalue weighted by Crippen LogP contribution is -2.28. The van der Waals surface area contributed by atoms with E-state index in [0.29, 0.717) is 12.6 Å². The minimum atomic E-state index is 0.158. The van der Waals surface area contributed by atoms with Crippen LogP contribution < -0.4 is 0 Å². The Bertz CT molecular complexity index is 886. The summed E-state index contributed by atoms with van der Waals surface area (Å²) in [6.45, 7) is 0.661. The Morgan fingerprint density at radius 1 is 1.04 bits per heavy atom. The monoisotopic (exact) mass is 364 g/mol. The highest BCUT2D eigenvalue weighted by molar-refractivity contribution is 7.71. The number of rotatable bonds is 6. The fourth-order valence-corrected chi connectivity index (χ4v) is 3.75. The van der Waals surface area contributed by atoms with E-state index in [0.717, 1.165) is 10.6 Å². The second-order valence-corrected chi connectivity index (χ2v) is 7.46. The van der Waals surface area contributed by atoms with Crippen LogP contribution in [0.2, 0.25) is 0 Å². The van der Waals surface area contributed by atoms with Crippen LogP contribution in [0.15, 0.2) is 60.7 Å². The Hall–Kier alpha value is -2.24. The van der Waals surface area contributed by atoms with Gasteiger partial charge in [0.05, 0.1) is 12.7 Å². The zero-order valence-corrected chi connectivity index (χ0v) is 16.1. The van der Waals surface area contributed by atoms with Crippen molar-refractivity contribution in [2.45, 2.75) is 31.5 Å². The van der Waals surface area contributed by atoms with Crippen molar-refractivity contribution in [3.8, 4) is 0 Å². The summed E-state index contributed by atoms with van der Waals surface area (Å²) in [7, 11) is 4.17. The van der Waals surface area contributed by atoms with Gasteiger partial charge in [0, 0.05) is 13.0 Å². The van der Waals surface area contributed by atoms with E-state index in [9.17, 15) is 0 Å². The van der Waals surface area contributed by atoms with Crippen LogP contribution >= 0.6 is 12.2 Å². The quantitative estimate of drug-likeness (QED) is 0.602. The van der Waals surface area contributed by atoms with E-state index < -0.39 is 0 Å². The molecule has 26 heavy (non-hydrogen) atoms. The molecular weight excluding hydrogens is 340 g/mol. The van der Waals surface area contributed by atoms with Crippen LogP contribution in [0.1, 0.15) is 41.8 Å². The molecule has 2 aromatic carbocycles. The van der Waals surface area contributed by atoms with Crippen molar-refractivity contribution in [3.05, 3.63) is 82.4 Å². The van der Waals surface area contributed by atoms with Crippen LogP contribution in [-0.4, -0.2) is 26.3 Å². The lowest BCUT2D eigenvalue weighted by atomic mass is 9.98. The van der Waals surface area contributed by atoms with Crippen LogP contribution in [-0.2, 0) is 13.7 Å². The summed E-state index contributed by atoms with van der Waals surface area (Å²) in [6.07, 6.45) is 2.46. The van der Waals surface area contributed by atoms with Gasteiger partial charge < -0.3 is 4.57 Å². The molecule has 0 spiro atoms. The molecule has 4 rings (SSSR count). The minimum absolute atomic E-state index is 0.158. The van der Waals surface area contributed by atoms with Gasteiger partial charge in [-0.05, 0) is 43.2 Å². The first-order chi connectivity index (χ1) is 12.6. The Morgan fingerprint density at radius 2 is 1.58 bits per heavy atom. The average Bonchev–Trinajstić information content (AvgIpc) is 3.47. The molecule has 0 radical (unpaired) electrons. The largest absolute Gasteiger partial charge is 0.307 e. The van der Waals surface area contributed by atoms with Crippen molar-refractivity contribution in [2.24, 2.45) is 7.05 Å². The molecule has 0 saturated heterocycles. The van der Waals surface area contributed by atoms with Crippen molar-refractivity contribution in [1.29, 1.82) is 0 Å². The minimum Gasteiger partial charge on any atom is -0.307 e. The summed E-state index contributed by atoms with van der Waals surface area (Å²) in [5.74, 6) is 1.71. The summed E-state index contributed by atoms with van der Waals surface area (Å²) in [6, 6.07) is 21.4. The first-order valence-electron chi connectivity index (χ1n) is 9.09. The first kappa shape index (κ1) is 17.2. The molecule has 0 unspecified atom stereocenters. The number of nitrogens with zero attached hydrogens (tertiary/aromatic N) is 4. The summed E-state index contributed by atoms with van der Waals surface area (Å²) < 4.78 is 4.82. The van der Waals surface area contributed by atoms with E-state index in [1.165, 1.54) is 24.0 Å². The van der Waals surface area contributed by atoms with E-state index >= 15 is 0 Å². The molecule has 1 aliphatic rings. The number of hydrogen-bond acceptors (Lipinski definition) is 3. The van der Waals surface area contributed by atoms with Gasteiger partial charge >= 0.3 is 0 Å². The predicted molar refractivity (Wildman–Crippen MR) is 106 cm³/mol. The normalized spacial score (nSPS) is 14.3. The lowest BCUT2D eigenvalue weighted by molar-refractivity contribution is 0.207. The van der Waals surface area contributed by atoms with Crippen LogP contribution in [0, 0.1) is 4.77 Å². The molecule has 4 nitrogen and oxygen atoms in total. The maximum Gasteiger partial charge on any atom is 0.198 e. The standard InChI is InChI=1S/C21H24N4S/c1-23(15-25-21(26)24(2)20(22-25)18-13-14-18)19(16-9-5-3-6-10-16)17-11-7-4-8-12-17/h3-12,18-19H,13-15H2,1-2H3. The summed E-state index contributed by atoms with van der Waals surface area (Å²) in [5.41, 5.74) is 2.54. The third-order valence-corrected chi connectivity index (χ3v) is 5.53. The third-order valence-electron chi connectivity index (χ3n) is 5.05. The smallest absolute Gasteiger partial charge is 0.198 e. The van der Waals surface area contributed by atoms with E-state index in [-0.39, 0.29) is 6.04 Å². The number of benzene rings is 2. The van der Waals surface area contributed by atoms with Gasteiger partial charge in [-0.1, -0.05) is 60.7 Å². The third kappa shape index (κ3) is 3.37. The van der Waals surface area contributed by atoms with Gasteiger partial charge in [-0.3, -0.25) is 4.90 Å². The Morgan fingerprint density at radius 3 is 2.08 bits per heavy atom. The lowest BCUT2D eigenvalue weighted by Gasteiger charge is -2.28. The SMILES string of the molecule is CN(Cn1nc(C2CC2)n(C)c1=S)C(c1ccccc1)c1ccccc1. The molecule has 3 aromatic rings. The highest BCUT2D eigenvalue weighted by Gasteiger charge is 2.29. The Labute approximate surface area is 159 Å². The second kappa shape index (κ2) is 7.17. The van der Waals surface area contributed by atoms with Gasteiger partial charge in [-0.2, -0.15) is 5.10 Å².